The highest BCUT2D eigenvalue weighted by molar-refractivity contribution is 6.06. The van der Waals surface area contributed by atoms with E-state index in [1.807, 2.05) is 11.6 Å². The number of H-pyrrole nitrogens is 1. The van der Waals surface area contributed by atoms with Gasteiger partial charge in [0.2, 0.25) is 0 Å². The van der Waals surface area contributed by atoms with Crippen molar-refractivity contribution < 1.29 is 9.90 Å². The Labute approximate surface area is 143 Å². The molecule has 0 amide bonds. The molecule has 0 spiro atoms. The summed E-state index contributed by atoms with van der Waals surface area (Å²) in [5, 5.41) is 15.2. The number of carboxylic acids is 1. The fourth-order valence-corrected chi connectivity index (χ4v) is 3.81. The van der Waals surface area contributed by atoms with E-state index in [4.69, 9.17) is 0 Å². The summed E-state index contributed by atoms with van der Waals surface area (Å²) in [4.78, 5) is 29.2. The lowest BCUT2D eigenvalue weighted by Gasteiger charge is -2.14. The number of likely N-dealkylation sites (tertiary alicyclic amines) is 1. The van der Waals surface area contributed by atoms with E-state index in [1.54, 1.807) is 18.3 Å². The molecular weight excluding hydrogens is 320 g/mol. The first-order valence-electron chi connectivity index (χ1n) is 8.47. The number of nitrogens with zero attached hydrogens (tertiary/aromatic N) is 3. The fraction of sp³-hybridized carbons (Fsp3) is 0.389. The molecule has 1 aliphatic rings. The monoisotopic (exact) mass is 340 g/mol. The van der Waals surface area contributed by atoms with E-state index < -0.39 is 5.97 Å². The van der Waals surface area contributed by atoms with E-state index in [0.717, 1.165) is 30.4 Å². The lowest BCUT2D eigenvalue weighted by Crippen LogP contribution is -2.17. The van der Waals surface area contributed by atoms with Gasteiger partial charge in [0.1, 0.15) is 0 Å². The molecule has 1 atom stereocenters. The van der Waals surface area contributed by atoms with Crippen molar-refractivity contribution in [2.45, 2.75) is 25.8 Å². The minimum atomic E-state index is -0.954. The van der Waals surface area contributed by atoms with Crippen molar-refractivity contribution in [3.05, 3.63) is 39.8 Å². The second-order valence-corrected chi connectivity index (χ2v) is 6.72. The average Bonchev–Trinajstić information content (AvgIpc) is 3.20. The highest BCUT2D eigenvalue weighted by atomic mass is 16.4. The average molecular weight is 340 g/mol. The van der Waals surface area contributed by atoms with Crippen molar-refractivity contribution in [1.82, 2.24) is 19.7 Å². The van der Waals surface area contributed by atoms with Crippen molar-refractivity contribution in [2.75, 3.05) is 20.1 Å². The van der Waals surface area contributed by atoms with E-state index in [0.29, 0.717) is 22.9 Å². The number of nitrogens with one attached hydrogen (secondary N) is 1. The van der Waals surface area contributed by atoms with Crippen molar-refractivity contribution in [2.24, 2.45) is 0 Å². The number of aromatic amines is 1. The number of fused-ring (bicyclic) bond motifs is 3. The van der Waals surface area contributed by atoms with Crippen LogP contribution in [0.2, 0.25) is 0 Å². The van der Waals surface area contributed by atoms with Gasteiger partial charge in [-0.15, -0.1) is 0 Å². The van der Waals surface area contributed by atoms with Crippen molar-refractivity contribution in [3.8, 4) is 0 Å². The second kappa shape index (κ2) is 5.70. The maximum Gasteiger partial charge on any atom is 0.335 e. The first-order valence-corrected chi connectivity index (χ1v) is 8.47. The van der Waals surface area contributed by atoms with Crippen molar-refractivity contribution in [3.63, 3.8) is 0 Å². The van der Waals surface area contributed by atoms with Gasteiger partial charge >= 0.3 is 5.97 Å². The first kappa shape index (κ1) is 15.8. The molecule has 3 heterocycles. The molecule has 1 aliphatic heterocycles. The number of rotatable bonds is 3. The Morgan fingerprint density at radius 1 is 1.40 bits per heavy atom. The molecule has 0 unspecified atom stereocenters. The van der Waals surface area contributed by atoms with Gasteiger partial charge in [-0.25, -0.2) is 4.79 Å². The van der Waals surface area contributed by atoms with Crippen LogP contribution in [0.5, 0.6) is 0 Å². The summed E-state index contributed by atoms with van der Waals surface area (Å²) >= 11 is 0. The number of benzene rings is 1. The summed E-state index contributed by atoms with van der Waals surface area (Å²) in [6.07, 6.45) is 3.13. The number of hydrogen-bond donors (Lipinski definition) is 2. The predicted octanol–water partition coefficient (Wildman–Crippen LogP) is 2.02. The van der Waals surface area contributed by atoms with Gasteiger partial charge in [-0.3, -0.25) is 9.48 Å². The highest BCUT2D eigenvalue weighted by Gasteiger charge is 2.25. The van der Waals surface area contributed by atoms with Gasteiger partial charge in [-0.2, -0.15) is 5.10 Å². The van der Waals surface area contributed by atoms with Gasteiger partial charge < -0.3 is 15.0 Å². The van der Waals surface area contributed by atoms with Gasteiger partial charge in [0.25, 0.3) is 5.56 Å². The lowest BCUT2D eigenvalue weighted by molar-refractivity contribution is 0.0696. The van der Waals surface area contributed by atoms with E-state index in [2.05, 4.69) is 22.0 Å². The van der Waals surface area contributed by atoms with Gasteiger partial charge in [-0.1, -0.05) is 6.92 Å². The lowest BCUT2D eigenvalue weighted by atomic mass is 10.0. The largest absolute Gasteiger partial charge is 0.478 e. The third kappa shape index (κ3) is 2.42. The minimum absolute atomic E-state index is 0.187. The molecule has 7 nitrogen and oxygen atoms in total. The maximum absolute atomic E-state index is 12.5. The topological polar surface area (TPSA) is 91.2 Å². The molecule has 1 fully saturated rings. The van der Waals surface area contributed by atoms with Crippen LogP contribution in [0.4, 0.5) is 0 Å². The Balaban J connectivity index is 2.06. The molecule has 0 aliphatic carbocycles. The van der Waals surface area contributed by atoms with Crippen LogP contribution in [0.25, 0.3) is 21.8 Å². The zero-order valence-corrected chi connectivity index (χ0v) is 14.2. The van der Waals surface area contributed by atoms with Gasteiger partial charge in [0.15, 0.2) is 0 Å². The van der Waals surface area contributed by atoms with Crippen LogP contribution >= 0.6 is 0 Å². The summed E-state index contributed by atoms with van der Waals surface area (Å²) < 4.78 is 1.90. The summed E-state index contributed by atoms with van der Waals surface area (Å²) in [5.41, 5.74) is 2.18. The number of carboxylic acid groups (broad SMARTS) is 1. The van der Waals surface area contributed by atoms with Crippen LogP contribution in [0.15, 0.2) is 23.1 Å². The number of pyridine rings is 1. The summed E-state index contributed by atoms with van der Waals surface area (Å²) in [7, 11) is 2.06. The van der Waals surface area contributed by atoms with Crippen LogP contribution < -0.4 is 5.56 Å². The Morgan fingerprint density at radius 2 is 2.20 bits per heavy atom. The van der Waals surface area contributed by atoms with Crippen molar-refractivity contribution in [1.29, 1.82) is 0 Å². The van der Waals surface area contributed by atoms with E-state index in [1.165, 1.54) is 0 Å². The van der Waals surface area contributed by atoms with E-state index in [9.17, 15) is 14.7 Å². The molecule has 0 radical (unpaired) electrons. The molecule has 7 heteroatoms. The summed E-state index contributed by atoms with van der Waals surface area (Å²) in [6, 6.07) is 3.63. The molecule has 25 heavy (non-hydrogen) atoms. The smallest absolute Gasteiger partial charge is 0.335 e. The fourth-order valence-electron chi connectivity index (χ4n) is 3.81. The maximum atomic E-state index is 12.5. The minimum Gasteiger partial charge on any atom is -0.478 e. The summed E-state index contributed by atoms with van der Waals surface area (Å²) in [6.45, 7) is 3.75. The molecule has 1 aromatic carbocycles. The molecule has 0 bridgehead atoms. The zero-order chi connectivity index (χ0) is 17.7. The molecular formula is C18H20N4O3. The quantitative estimate of drug-likeness (QED) is 0.761. The van der Waals surface area contributed by atoms with Gasteiger partial charge in [-0.05, 0) is 44.1 Å². The normalized spacial score (nSPS) is 18.4. The van der Waals surface area contributed by atoms with Crippen LogP contribution in [-0.2, 0) is 6.42 Å². The first-order chi connectivity index (χ1) is 12.0. The van der Waals surface area contributed by atoms with Gasteiger partial charge in [0, 0.05) is 11.9 Å². The molecule has 4 rings (SSSR count). The van der Waals surface area contributed by atoms with Gasteiger partial charge in [0.05, 0.1) is 34.2 Å². The number of aryl methyl sites for hydroxylation is 1. The summed E-state index contributed by atoms with van der Waals surface area (Å²) in [5.74, 6) is -0.954. The third-order valence-electron chi connectivity index (χ3n) is 5.11. The SMILES string of the molecule is CCc1cc2[nH]c(=O)c3cnn([C@H]4CCN(C)C4)c3c2cc1C(=O)O. The van der Waals surface area contributed by atoms with Crippen LogP contribution in [0, 0.1) is 0 Å². The van der Waals surface area contributed by atoms with E-state index in [-0.39, 0.29) is 17.2 Å². The Bertz CT molecular complexity index is 1050. The number of aromatic nitrogens is 3. The molecule has 2 N–H and O–H groups in total. The molecule has 2 aromatic heterocycles. The predicted molar refractivity (Wildman–Crippen MR) is 95.3 cm³/mol. The number of hydrogen-bond acceptors (Lipinski definition) is 4. The molecule has 130 valence electrons. The zero-order valence-electron chi connectivity index (χ0n) is 14.2. The van der Waals surface area contributed by atoms with E-state index >= 15 is 0 Å². The Kier molecular flexibility index (Phi) is 3.61. The van der Waals surface area contributed by atoms with Crippen LogP contribution in [0.3, 0.4) is 0 Å². The Morgan fingerprint density at radius 3 is 2.84 bits per heavy atom. The second-order valence-electron chi connectivity index (χ2n) is 6.72. The third-order valence-corrected chi connectivity index (χ3v) is 5.11. The van der Waals surface area contributed by atoms with Crippen LogP contribution in [0.1, 0.15) is 35.3 Å². The highest BCUT2D eigenvalue weighted by Crippen LogP contribution is 2.29. The Hall–Kier alpha value is -2.67. The molecule has 3 aromatic rings. The number of likely N-dealkylation sites (N-methyl/N-ethyl adjacent to an activating group) is 1. The molecule has 1 saturated heterocycles. The van der Waals surface area contributed by atoms with Crippen molar-refractivity contribution >= 4 is 27.8 Å². The van der Waals surface area contributed by atoms with Crippen LogP contribution in [-0.4, -0.2) is 50.9 Å². The molecule has 0 saturated carbocycles. The number of carbonyl (C=O) groups is 1. The standard InChI is InChI=1S/C18H20N4O3/c1-3-10-6-15-13(7-12(10)18(24)25)16-14(17(23)20-15)8-19-22(16)11-4-5-21(2)9-11/h6-8,11H,3-5,9H2,1-2H3,(H,20,23)(H,24,25)/t11-/m0/s1. The number of aromatic carboxylic acids is 1.